The normalized spacial score (nSPS) is 22.9. The predicted octanol–water partition coefficient (Wildman–Crippen LogP) is 1.92. The van der Waals surface area contributed by atoms with Gasteiger partial charge < -0.3 is 14.5 Å². The first kappa shape index (κ1) is 23.2. The van der Waals surface area contributed by atoms with Crippen molar-refractivity contribution in [2.75, 3.05) is 33.4 Å². The smallest absolute Gasteiger partial charge is 0.242 e. The number of amides is 2. The van der Waals surface area contributed by atoms with Gasteiger partial charge in [-0.05, 0) is 43.9 Å². The predicted molar refractivity (Wildman–Crippen MR) is 117 cm³/mol. The zero-order valence-corrected chi connectivity index (χ0v) is 19.1. The van der Waals surface area contributed by atoms with Crippen LogP contribution in [0, 0.1) is 0 Å². The number of thiophene rings is 1. The summed E-state index contributed by atoms with van der Waals surface area (Å²) in [5.74, 6) is -0.492. The fourth-order valence-electron chi connectivity index (χ4n) is 3.80. The fraction of sp³-hybridized carbons (Fsp3) is 0.579. The van der Waals surface area contributed by atoms with Crippen LogP contribution < -0.4 is 4.72 Å². The quantitative estimate of drug-likeness (QED) is 0.619. The Bertz CT molecular complexity index is 902. The lowest BCUT2D eigenvalue weighted by Gasteiger charge is -2.34. The molecule has 0 aromatic carbocycles. The molecule has 0 bridgehead atoms. The molecule has 0 aliphatic carbocycles. The van der Waals surface area contributed by atoms with E-state index in [-0.39, 0.29) is 24.4 Å². The second-order valence-electron chi connectivity index (χ2n) is 7.40. The van der Waals surface area contributed by atoms with Gasteiger partial charge in [-0.3, -0.25) is 9.59 Å². The van der Waals surface area contributed by atoms with Crippen LogP contribution in [-0.2, 0) is 24.3 Å². The molecule has 2 atom stereocenters. The number of nitrogens with one attached hydrogen (secondary N) is 1. The van der Waals surface area contributed by atoms with Crippen LogP contribution in [0.2, 0.25) is 4.34 Å². The maximum Gasteiger partial charge on any atom is 0.242 e. The van der Waals surface area contributed by atoms with Crippen molar-refractivity contribution in [1.29, 1.82) is 0 Å². The first-order chi connectivity index (χ1) is 14.3. The van der Waals surface area contributed by atoms with E-state index < -0.39 is 16.1 Å². The maximum absolute atomic E-state index is 12.8. The van der Waals surface area contributed by atoms with Gasteiger partial charge in [0.05, 0.1) is 23.5 Å². The van der Waals surface area contributed by atoms with Crippen LogP contribution in [-0.4, -0.2) is 75.5 Å². The zero-order valence-electron chi connectivity index (χ0n) is 16.8. The highest BCUT2D eigenvalue weighted by Crippen LogP contribution is 2.23. The minimum Gasteiger partial charge on any atom is -0.383 e. The monoisotopic (exact) mass is 475 g/mol. The number of likely N-dealkylation sites (tertiary alicyclic amines) is 2. The Balaban J connectivity index is 1.59. The molecule has 0 radical (unpaired) electrons. The number of nitrogens with zero attached hydrogens (tertiary/aromatic N) is 2. The van der Waals surface area contributed by atoms with Crippen LogP contribution in [0.5, 0.6) is 0 Å². The molecular weight excluding hydrogens is 450 g/mol. The van der Waals surface area contributed by atoms with Crippen molar-refractivity contribution in [2.24, 2.45) is 0 Å². The molecule has 1 N–H and O–H groups in total. The Morgan fingerprint density at radius 1 is 1.33 bits per heavy atom. The molecule has 0 spiro atoms. The third-order valence-electron chi connectivity index (χ3n) is 5.23. The summed E-state index contributed by atoms with van der Waals surface area (Å²) in [6.45, 7) is 1.53. The lowest BCUT2D eigenvalue weighted by molar-refractivity contribution is -0.144. The second-order valence-corrected chi connectivity index (χ2v) is 10.7. The van der Waals surface area contributed by atoms with Gasteiger partial charge in [0.25, 0.3) is 0 Å². The van der Waals surface area contributed by atoms with Gasteiger partial charge in [-0.2, -0.15) is 4.72 Å². The number of hydrogen-bond donors (Lipinski definition) is 1. The van der Waals surface area contributed by atoms with E-state index in [2.05, 4.69) is 4.72 Å². The third-order valence-corrected chi connectivity index (χ3v) is 7.53. The van der Waals surface area contributed by atoms with Gasteiger partial charge in [0, 0.05) is 30.5 Å². The van der Waals surface area contributed by atoms with E-state index in [0.717, 1.165) is 18.2 Å². The van der Waals surface area contributed by atoms with Gasteiger partial charge in [-0.1, -0.05) is 11.6 Å². The first-order valence-corrected chi connectivity index (χ1v) is 12.6. The van der Waals surface area contributed by atoms with Crippen LogP contribution in [0.1, 0.15) is 30.6 Å². The number of sulfonamides is 1. The Morgan fingerprint density at radius 2 is 2.10 bits per heavy atom. The van der Waals surface area contributed by atoms with Gasteiger partial charge in [0.2, 0.25) is 21.8 Å². The number of piperidine rings is 1. The highest BCUT2D eigenvalue weighted by molar-refractivity contribution is 7.92. The summed E-state index contributed by atoms with van der Waals surface area (Å²) < 4.78 is 33.0. The van der Waals surface area contributed by atoms with E-state index in [0.29, 0.717) is 41.8 Å². The zero-order chi connectivity index (χ0) is 21.7. The summed E-state index contributed by atoms with van der Waals surface area (Å²) in [5.41, 5.74) is 0. The van der Waals surface area contributed by atoms with Crippen molar-refractivity contribution < 1.29 is 22.7 Å². The summed E-state index contributed by atoms with van der Waals surface area (Å²) in [4.78, 5) is 29.4. The summed E-state index contributed by atoms with van der Waals surface area (Å²) in [5, 5.41) is 1.03. The van der Waals surface area contributed by atoms with Crippen LogP contribution in [0.4, 0.5) is 0 Å². The van der Waals surface area contributed by atoms with Crippen molar-refractivity contribution >= 4 is 50.9 Å². The van der Waals surface area contributed by atoms with Gasteiger partial charge in [-0.25, -0.2) is 8.42 Å². The summed E-state index contributed by atoms with van der Waals surface area (Å²) in [7, 11) is -2.21. The number of rotatable bonds is 8. The molecule has 1 aromatic rings. The first-order valence-electron chi connectivity index (χ1n) is 9.82. The number of ether oxygens (including phenoxy) is 1. The molecular formula is C19H26ClN3O5S2. The molecule has 8 nitrogen and oxygen atoms in total. The summed E-state index contributed by atoms with van der Waals surface area (Å²) >= 11 is 7.11. The minimum absolute atomic E-state index is 0.0348. The molecule has 3 heterocycles. The lowest BCUT2D eigenvalue weighted by atomic mass is 10.1. The second kappa shape index (κ2) is 10.2. The van der Waals surface area contributed by atoms with Crippen molar-refractivity contribution in [1.82, 2.24) is 14.5 Å². The van der Waals surface area contributed by atoms with E-state index >= 15 is 0 Å². The van der Waals surface area contributed by atoms with E-state index in [4.69, 9.17) is 16.3 Å². The molecule has 2 aliphatic rings. The maximum atomic E-state index is 12.8. The Morgan fingerprint density at radius 3 is 2.80 bits per heavy atom. The lowest BCUT2D eigenvalue weighted by Crippen LogP contribution is -2.54. The molecule has 11 heteroatoms. The molecule has 2 fully saturated rings. The average Bonchev–Trinajstić information content (AvgIpc) is 3.32. The van der Waals surface area contributed by atoms with Gasteiger partial charge in [0.1, 0.15) is 6.04 Å². The largest absolute Gasteiger partial charge is 0.383 e. The molecule has 2 amide bonds. The average molecular weight is 476 g/mol. The molecule has 0 saturated carbocycles. The van der Waals surface area contributed by atoms with Crippen LogP contribution >= 0.6 is 22.9 Å². The van der Waals surface area contributed by atoms with Gasteiger partial charge in [-0.15, -0.1) is 11.3 Å². The molecule has 1 aromatic heterocycles. The third kappa shape index (κ3) is 6.04. The molecule has 2 saturated heterocycles. The van der Waals surface area contributed by atoms with Gasteiger partial charge >= 0.3 is 0 Å². The molecule has 30 heavy (non-hydrogen) atoms. The number of carbonyl (C=O) groups excluding carboxylic acids is 2. The highest BCUT2D eigenvalue weighted by atomic mass is 35.5. The molecule has 166 valence electrons. The van der Waals surface area contributed by atoms with Crippen LogP contribution in [0.15, 0.2) is 17.5 Å². The van der Waals surface area contributed by atoms with E-state index in [1.165, 1.54) is 22.3 Å². The van der Waals surface area contributed by atoms with Crippen LogP contribution in [0.3, 0.4) is 0 Å². The summed E-state index contributed by atoms with van der Waals surface area (Å²) in [6.07, 6.45) is 4.27. The minimum atomic E-state index is -3.81. The molecule has 3 rings (SSSR count). The molecule has 2 aliphatic heterocycles. The van der Waals surface area contributed by atoms with Gasteiger partial charge in [0.15, 0.2) is 0 Å². The van der Waals surface area contributed by atoms with Crippen molar-refractivity contribution in [3.8, 4) is 0 Å². The van der Waals surface area contributed by atoms with E-state index in [1.807, 2.05) is 0 Å². The SMILES string of the molecule is COCC1CCCN1C(=O)CN1CCCC(NS(=O)(=O)/C=C/c2ccc(Cl)s2)C1=O. The fourth-order valence-corrected chi connectivity index (χ4v) is 5.87. The Labute approximate surface area is 185 Å². The van der Waals surface area contributed by atoms with E-state index in [9.17, 15) is 18.0 Å². The topological polar surface area (TPSA) is 96.0 Å². The van der Waals surface area contributed by atoms with Crippen molar-refractivity contribution in [3.63, 3.8) is 0 Å². The number of halogens is 1. The van der Waals surface area contributed by atoms with E-state index in [1.54, 1.807) is 24.1 Å². The number of hydrogen-bond acceptors (Lipinski definition) is 6. The number of methoxy groups -OCH3 is 1. The Kier molecular flexibility index (Phi) is 7.92. The van der Waals surface area contributed by atoms with Crippen molar-refractivity contribution in [2.45, 2.75) is 37.8 Å². The number of carbonyl (C=O) groups is 2. The highest BCUT2D eigenvalue weighted by Gasteiger charge is 2.35. The van der Waals surface area contributed by atoms with Crippen LogP contribution in [0.25, 0.3) is 6.08 Å². The Hall–Kier alpha value is -1.46. The van der Waals surface area contributed by atoms with Crippen molar-refractivity contribution in [3.05, 3.63) is 26.8 Å². The molecule has 2 unspecified atom stereocenters. The summed E-state index contributed by atoms with van der Waals surface area (Å²) in [6, 6.07) is 2.56. The standard InChI is InChI=1S/C19H26ClN3O5S2/c1-28-13-14-4-2-10-23(14)18(24)12-22-9-3-5-16(19(22)25)21-30(26,27)11-8-15-6-7-17(20)29-15/h6-8,11,14,16,21H,2-5,9-10,12-13H2,1H3/b11-8+.